The van der Waals surface area contributed by atoms with Crippen LogP contribution in [0, 0.1) is 6.92 Å². The molecule has 0 N–H and O–H groups in total. The Hall–Kier alpha value is 0.571. The average molecular weight is 334 g/mol. The lowest BCUT2D eigenvalue weighted by Crippen LogP contribution is -2.52. The zero-order chi connectivity index (χ0) is 15.9. The zero-order valence-corrected chi connectivity index (χ0v) is 18.0. The van der Waals surface area contributed by atoms with E-state index in [1.165, 1.54) is 32.1 Å². The third kappa shape index (κ3) is 12.3. The fourth-order valence-corrected chi connectivity index (χ4v) is 15.2. The molecule has 0 bridgehead atoms. The van der Waals surface area contributed by atoms with Gasteiger partial charge in [-0.2, -0.15) is 0 Å². The first-order valence-electron chi connectivity index (χ1n) is 8.17. The van der Waals surface area contributed by atoms with Crippen LogP contribution < -0.4 is 0 Å². The summed E-state index contributed by atoms with van der Waals surface area (Å²) in [6.45, 7) is 19.9. The number of hydrogen-bond donors (Lipinski definition) is 0. The quantitative estimate of drug-likeness (QED) is 0.344. The maximum atomic E-state index is 6.51. The Kier molecular flexibility index (Phi) is 9.13. The summed E-state index contributed by atoms with van der Waals surface area (Å²) in [7, 11) is -5.02. The van der Waals surface area contributed by atoms with Gasteiger partial charge in [0.25, 0.3) is 0 Å². The molecule has 0 fully saturated rings. The third-order valence-corrected chi connectivity index (χ3v) is 12.5. The molecule has 0 rings (SSSR count). The molecule has 20 heavy (non-hydrogen) atoms. The van der Waals surface area contributed by atoms with Crippen LogP contribution in [0.2, 0.25) is 51.9 Å². The normalized spacial score (nSPS) is 13.8. The predicted molar refractivity (Wildman–Crippen MR) is 98.3 cm³/mol. The van der Waals surface area contributed by atoms with E-state index in [0.29, 0.717) is 0 Å². The van der Waals surface area contributed by atoms with Crippen LogP contribution in [-0.4, -0.2) is 25.2 Å². The molecule has 0 saturated heterocycles. The molecule has 0 amide bonds. The van der Waals surface area contributed by atoms with Gasteiger partial charge in [0.1, 0.15) is 0 Å². The number of unbranched alkanes of at least 4 members (excludes halogenated alkanes) is 5. The molecule has 0 aliphatic rings. The maximum absolute atomic E-state index is 6.51. The molecule has 0 spiro atoms. The molecule has 2 nitrogen and oxygen atoms in total. The van der Waals surface area contributed by atoms with Crippen LogP contribution in [0.3, 0.4) is 0 Å². The molecule has 0 unspecified atom stereocenters. The second-order valence-electron chi connectivity index (χ2n) is 7.93. The fraction of sp³-hybridized carbons (Fsp3) is 0.933. The SMILES string of the molecule is [CH2]CCCCCCC[Si](C)(O[Si](C)(C)C)O[Si](C)(C)C. The average Bonchev–Trinajstić information content (AvgIpc) is 2.17. The predicted octanol–water partition coefficient (Wildman–Crippen LogP) is 5.94. The minimum atomic E-state index is -1.98. The summed E-state index contributed by atoms with van der Waals surface area (Å²) in [6, 6.07) is 1.16. The van der Waals surface area contributed by atoms with Gasteiger partial charge in [0, 0.05) is 0 Å². The van der Waals surface area contributed by atoms with Crippen LogP contribution in [0.4, 0.5) is 0 Å². The standard InChI is InChI=1S/C15H37O2Si3/c1-9-10-11-12-13-14-15-20(8,16-18(2,3)4)17-19(5,6)7/h1,9-15H2,2-8H3. The molecule has 0 aliphatic carbocycles. The van der Waals surface area contributed by atoms with Crippen molar-refractivity contribution in [3.63, 3.8) is 0 Å². The van der Waals surface area contributed by atoms with Gasteiger partial charge >= 0.3 is 8.56 Å². The number of hydrogen-bond acceptors (Lipinski definition) is 2. The van der Waals surface area contributed by atoms with E-state index in [1.807, 2.05) is 0 Å². The summed E-state index contributed by atoms with van der Waals surface area (Å²) < 4.78 is 13.0. The van der Waals surface area contributed by atoms with Gasteiger partial charge in [-0.3, -0.25) is 0 Å². The van der Waals surface area contributed by atoms with Crippen molar-refractivity contribution in [3.05, 3.63) is 6.92 Å². The van der Waals surface area contributed by atoms with Crippen LogP contribution in [0.25, 0.3) is 0 Å². The molecular formula is C15H37O2Si3. The second-order valence-corrected chi connectivity index (χ2v) is 20.8. The van der Waals surface area contributed by atoms with Crippen LogP contribution in [0.1, 0.15) is 38.5 Å². The Morgan fingerprint density at radius 1 is 0.650 bits per heavy atom. The molecule has 0 atom stereocenters. The highest BCUT2D eigenvalue weighted by Crippen LogP contribution is 2.26. The lowest BCUT2D eigenvalue weighted by atomic mass is 10.1. The second kappa shape index (κ2) is 8.88. The Morgan fingerprint density at radius 2 is 1.05 bits per heavy atom. The Bertz CT molecular complexity index is 241. The van der Waals surface area contributed by atoms with Gasteiger partial charge in [0.2, 0.25) is 0 Å². The molecule has 121 valence electrons. The molecule has 0 aliphatic heterocycles. The van der Waals surface area contributed by atoms with Crippen molar-refractivity contribution < 1.29 is 8.23 Å². The minimum Gasteiger partial charge on any atom is -0.437 e. The smallest absolute Gasteiger partial charge is 0.314 e. The first-order chi connectivity index (χ1) is 8.97. The largest absolute Gasteiger partial charge is 0.437 e. The summed E-state index contributed by atoms with van der Waals surface area (Å²) in [4.78, 5) is 0. The van der Waals surface area contributed by atoms with Crippen LogP contribution in [0.15, 0.2) is 0 Å². The van der Waals surface area contributed by atoms with Crippen LogP contribution in [-0.2, 0) is 8.23 Å². The van der Waals surface area contributed by atoms with E-state index in [0.717, 1.165) is 12.5 Å². The first-order valence-corrected chi connectivity index (χ1v) is 17.5. The fourth-order valence-electron chi connectivity index (χ4n) is 2.57. The van der Waals surface area contributed by atoms with Gasteiger partial charge in [-0.15, -0.1) is 0 Å². The van der Waals surface area contributed by atoms with E-state index in [9.17, 15) is 0 Å². The topological polar surface area (TPSA) is 18.5 Å². The molecule has 0 heterocycles. The van der Waals surface area contributed by atoms with Crippen molar-refractivity contribution in [2.75, 3.05) is 0 Å². The van der Waals surface area contributed by atoms with E-state index >= 15 is 0 Å². The third-order valence-electron chi connectivity index (χ3n) is 2.93. The monoisotopic (exact) mass is 333 g/mol. The molecule has 0 aromatic rings. The van der Waals surface area contributed by atoms with Crippen LogP contribution in [0.5, 0.6) is 0 Å². The molecule has 5 heteroatoms. The van der Waals surface area contributed by atoms with Crippen molar-refractivity contribution in [1.29, 1.82) is 0 Å². The molecule has 0 aromatic carbocycles. The molecular weight excluding hydrogens is 296 g/mol. The van der Waals surface area contributed by atoms with Gasteiger partial charge in [-0.25, -0.2) is 0 Å². The minimum absolute atomic E-state index is 1.07. The summed E-state index contributed by atoms with van der Waals surface area (Å²) in [6.07, 6.45) is 7.57. The zero-order valence-electron chi connectivity index (χ0n) is 15.0. The Morgan fingerprint density at radius 3 is 1.45 bits per heavy atom. The van der Waals surface area contributed by atoms with Crippen molar-refractivity contribution in [1.82, 2.24) is 0 Å². The van der Waals surface area contributed by atoms with E-state index in [-0.39, 0.29) is 0 Å². The van der Waals surface area contributed by atoms with Gasteiger partial charge < -0.3 is 8.23 Å². The van der Waals surface area contributed by atoms with Crippen molar-refractivity contribution in [2.24, 2.45) is 0 Å². The maximum Gasteiger partial charge on any atom is 0.314 e. The van der Waals surface area contributed by atoms with Gasteiger partial charge in [-0.1, -0.05) is 45.4 Å². The van der Waals surface area contributed by atoms with E-state index in [1.54, 1.807) is 0 Å². The van der Waals surface area contributed by atoms with Gasteiger partial charge in [0.05, 0.1) is 0 Å². The lowest BCUT2D eigenvalue weighted by Gasteiger charge is -2.38. The van der Waals surface area contributed by atoms with E-state index in [4.69, 9.17) is 8.23 Å². The van der Waals surface area contributed by atoms with E-state index < -0.39 is 25.2 Å². The summed E-state index contributed by atoms with van der Waals surface area (Å²) in [5, 5.41) is 0. The van der Waals surface area contributed by atoms with Gasteiger partial charge in [0.15, 0.2) is 16.6 Å². The highest BCUT2D eigenvalue weighted by Gasteiger charge is 2.39. The highest BCUT2D eigenvalue weighted by atomic mass is 28.5. The van der Waals surface area contributed by atoms with Crippen molar-refractivity contribution >= 4 is 25.2 Å². The lowest BCUT2D eigenvalue weighted by molar-refractivity contribution is 0.380. The molecule has 0 saturated carbocycles. The van der Waals surface area contributed by atoms with Gasteiger partial charge in [-0.05, 0) is 51.9 Å². The highest BCUT2D eigenvalue weighted by molar-refractivity contribution is 6.87. The molecule has 1 radical (unpaired) electrons. The summed E-state index contributed by atoms with van der Waals surface area (Å²) >= 11 is 0. The van der Waals surface area contributed by atoms with E-state index in [2.05, 4.69) is 52.8 Å². The van der Waals surface area contributed by atoms with Crippen molar-refractivity contribution in [2.45, 2.75) is 90.4 Å². The number of rotatable bonds is 11. The van der Waals surface area contributed by atoms with Crippen molar-refractivity contribution in [3.8, 4) is 0 Å². The summed E-state index contributed by atoms with van der Waals surface area (Å²) in [5.74, 6) is 0. The first kappa shape index (κ1) is 20.6. The Balaban J connectivity index is 4.32. The molecule has 0 aromatic heterocycles. The summed E-state index contributed by atoms with van der Waals surface area (Å²) in [5.41, 5.74) is 0. The van der Waals surface area contributed by atoms with Crippen LogP contribution >= 0.6 is 0 Å². The Labute approximate surface area is 131 Å².